The van der Waals surface area contributed by atoms with Crippen LogP contribution in [0.1, 0.15) is 56.2 Å². The number of piperidine rings is 1. The minimum absolute atomic E-state index is 0.0410. The second kappa shape index (κ2) is 10.8. The van der Waals surface area contributed by atoms with Crippen LogP contribution in [0, 0.1) is 12.7 Å². The lowest BCUT2D eigenvalue weighted by atomic mass is 9.89. The molecule has 1 aromatic heterocycles. The van der Waals surface area contributed by atoms with Crippen molar-refractivity contribution in [2.75, 3.05) is 30.8 Å². The number of nitrogens with zero attached hydrogens (tertiary/aromatic N) is 3. The number of sulfone groups is 1. The Morgan fingerprint density at radius 3 is 2.43 bits per heavy atom. The largest absolute Gasteiger partial charge is 0.340 e. The summed E-state index contributed by atoms with van der Waals surface area (Å²) in [6, 6.07) is 12.5. The fourth-order valence-electron chi connectivity index (χ4n) is 4.32. The third-order valence-corrected chi connectivity index (χ3v) is 9.45. The summed E-state index contributed by atoms with van der Waals surface area (Å²) in [7, 11) is -1.21. The van der Waals surface area contributed by atoms with E-state index in [-0.39, 0.29) is 17.5 Å². The fraction of sp³-hybridized carbons (Fsp3) is 0.429. The highest BCUT2D eigenvalue weighted by Gasteiger charge is 2.29. The van der Waals surface area contributed by atoms with Gasteiger partial charge in [0.15, 0.2) is 9.84 Å². The van der Waals surface area contributed by atoms with Crippen LogP contribution < -0.4 is 10.6 Å². The Labute approximate surface area is 219 Å². The van der Waals surface area contributed by atoms with Gasteiger partial charge in [0, 0.05) is 23.1 Å². The standard InChI is InChI=1S/C28H36FN5O2S/c1-19-17-30-27(32-23-9-10-24(25(29)16-23)21-11-13-34(5)14-12-21)33-26(19)31-22-8-6-7-20(15-22)18-37(35,36)28(2,3)4/h6-10,15-17,21H,11-14,18H2,1-5H3,(H2,30,31,32,33). The first-order valence-corrected chi connectivity index (χ1v) is 14.2. The van der Waals surface area contributed by atoms with E-state index >= 15 is 0 Å². The van der Waals surface area contributed by atoms with Gasteiger partial charge in [0.25, 0.3) is 0 Å². The molecule has 0 saturated carbocycles. The van der Waals surface area contributed by atoms with Crippen LogP contribution in [0.3, 0.4) is 0 Å². The van der Waals surface area contributed by atoms with E-state index in [9.17, 15) is 12.8 Å². The van der Waals surface area contributed by atoms with Crippen molar-refractivity contribution in [3.8, 4) is 0 Å². The van der Waals surface area contributed by atoms with Crippen molar-refractivity contribution in [3.63, 3.8) is 0 Å². The molecule has 2 aromatic carbocycles. The predicted molar refractivity (Wildman–Crippen MR) is 148 cm³/mol. The minimum Gasteiger partial charge on any atom is -0.340 e. The molecule has 0 aliphatic carbocycles. The summed E-state index contributed by atoms with van der Waals surface area (Å²) in [5.74, 6) is 0.904. The molecule has 198 valence electrons. The second-order valence-electron chi connectivity index (χ2n) is 10.9. The third-order valence-electron chi connectivity index (χ3n) is 6.87. The first kappa shape index (κ1) is 27.0. The Morgan fingerprint density at radius 1 is 1.05 bits per heavy atom. The monoisotopic (exact) mass is 525 g/mol. The first-order valence-electron chi connectivity index (χ1n) is 12.6. The lowest BCUT2D eigenvalue weighted by Gasteiger charge is -2.29. The summed E-state index contributed by atoms with van der Waals surface area (Å²) >= 11 is 0. The SMILES string of the molecule is Cc1cnc(Nc2ccc(C3CCN(C)CC3)c(F)c2)nc1Nc1cccc(CS(=O)(=O)C(C)(C)C)c1. The van der Waals surface area contributed by atoms with Crippen LogP contribution in [0.25, 0.3) is 0 Å². The molecule has 1 aliphatic rings. The van der Waals surface area contributed by atoms with Gasteiger partial charge in [-0.25, -0.2) is 17.8 Å². The number of aromatic nitrogens is 2. The van der Waals surface area contributed by atoms with Crippen molar-refractivity contribution >= 4 is 33.0 Å². The molecular formula is C28H36FN5O2S. The molecule has 1 fully saturated rings. The molecule has 9 heteroatoms. The maximum absolute atomic E-state index is 14.9. The molecular weight excluding hydrogens is 489 g/mol. The van der Waals surface area contributed by atoms with E-state index in [1.807, 2.05) is 37.3 Å². The Balaban J connectivity index is 1.48. The molecule has 4 rings (SSSR count). The predicted octanol–water partition coefficient (Wildman–Crippen LogP) is 5.93. The number of likely N-dealkylation sites (tertiary alicyclic amines) is 1. The van der Waals surface area contributed by atoms with Crippen molar-refractivity contribution in [1.82, 2.24) is 14.9 Å². The zero-order chi connectivity index (χ0) is 26.8. The summed E-state index contributed by atoms with van der Waals surface area (Å²) in [6.45, 7) is 8.96. The lowest BCUT2D eigenvalue weighted by molar-refractivity contribution is 0.253. The zero-order valence-electron chi connectivity index (χ0n) is 22.2. The molecule has 0 amide bonds. The van der Waals surface area contributed by atoms with E-state index in [0.29, 0.717) is 23.0 Å². The molecule has 2 heterocycles. The molecule has 0 bridgehead atoms. The Hall–Kier alpha value is -3.04. The summed E-state index contributed by atoms with van der Waals surface area (Å²) in [5.41, 5.74) is 3.59. The molecule has 37 heavy (non-hydrogen) atoms. The number of nitrogens with one attached hydrogen (secondary N) is 2. The highest BCUT2D eigenvalue weighted by molar-refractivity contribution is 7.91. The van der Waals surface area contributed by atoms with Crippen molar-refractivity contribution in [2.45, 2.75) is 57.0 Å². The molecule has 0 radical (unpaired) electrons. The number of halogens is 1. The topological polar surface area (TPSA) is 87.2 Å². The molecule has 7 nitrogen and oxygen atoms in total. The van der Waals surface area contributed by atoms with E-state index < -0.39 is 14.6 Å². The Bertz CT molecular complexity index is 1360. The highest BCUT2D eigenvalue weighted by Crippen LogP contribution is 2.31. The maximum Gasteiger partial charge on any atom is 0.229 e. The van der Waals surface area contributed by atoms with Gasteiger partial charge in [-0.05, 0) is 102 Å². The van der Waals surface area contributed by atoms with Crippen molar-refractivity contribution in [2.24, 2.45) is 0 Å². The Morgan fingerprint density at radius 2 is 1.76 bits per heavy atom. The molecule has 2 N–H and O–H groups in total. The number of anilines is 4. The maximum atomic E-state index is 14.9. The number of rotatable bonds is 7. The molecule has 1 saturated heterocycles. The molecule has 0 spiro atoms. The van der Waals surface area contributed by atoms with E-state index in [1.165, 1.54) is 6.07 Å². The van der Waals surface area contributed by atoms with Crippen LogP contribution in [0.5, 0.6) is 0 Å². The van der Waals surface area contributed by atoms with Crippen molar-refractivity contribution in [3.05, 3.63) is 71.2 Å². The van der Waals surface area contributed by atoms with Gasteiger partial charge in [0.1, 0.15) is 11.6 Å². The fourth-order valence-corrected chi connectivity index (χ4v) is 5.38. The van der Waals surface area contributed by atoms with E-state index in [2.05, 4.69) is 32.5 Å². The van der Waals surface area contributed by atoms with Gasteiger partial charge < -0.3 is 15.5 Å². The summed E-state index contributed by atoms with van der Waals surface area (Å²) < 4.78 is 39.4. The van der Waals surface area contributed by atoms with Crippen LogP contribution in [-0.2, 0) is 15.6 Å². The lowest BCUT2D eigenvalue weighted by Crippen LogP contribution is -2.29. The number of hydrogen-bond donors (Lipinski definition) is 2. The number of hydrogen-bond acceptors (Lipinski definition) is 7. The van der Waals surface area contributed by atoms with Gasteiger partial charge in [-0.2, -0.15) is 4.98 Å². The van der Waals surface area contributed by atoms with Gasteiger partial charge in [-0.15, -0.1) is 0 Å². The molecule has 1 aliphatic heterocycles. The quantitative estimate of drug-likeness (QED) is 0.395. The summed E-state index contributed by atoms with van der Waals surface area (Å²) in [6.07, 6.45) is 3.61. The smallest absolute Gasteiger partial charge is 0.229 e. The van der Waals surface area contributed by atoms with E-state index in [0.717, 1.165) is 42.7 Å². The van der Waals surface area contributed by atoms with Gasteiger partial charge in [0.2, 0.25) is 5.95 Å². The number of benzene rings is 2. The van der Waals surface area contributed by atoms with Gasteiger partial charge in [-0.1, -0.05) is 18.2 Å². The first-order chi connectivity index (χ1) is 17.4. The normalized spacial score (nSPS) is 15.5. The number of aryl methyl sites for hydroxylation is 1. The average molecular weight is 526 g/mol. The zero-order valence-corrected chi connectivity index (χ0v) is 23.0. The van der Waals surface area contributed by atoms with Crippen LogP contribution >= 0.6 is 0 Å². The van der Waals surface area contributed by atoms with Crippen LogP contribution in [-0.4, -0.2) is 48.2 Å². The molecule has 0 unspecified atom stereocenters. The minimum atomic E-state index is -3.30. The summed E-state index contributed by atoms with van der Waals surface area (Å²) in [4.78, 5) is 11.2. The van der Waals surface area contributed by atoms with E-state index in [4.69, 9.17) is 0 Å². The van der Waals surface area contributed by atoms with Crippen molar-refractivity contribution in [1.29, 1.82) is 0 Å². The van der Waals surface area contributed by atoms with Crippen molar-refractivity contribution < 1.29 is 12.8 Å². The third kappa shape index (κ3) is 6.64. The van der Waals surface area contributed by atoms with Crippen LogP contribution in [0.15, 0.2) is 48.7 Å². The molecule has 3 aromatic rings. The van der Waals surface area contributed by atoms with Gasteiger partial charge >= 0.3 is 0 Å². The van der Waals surface area contributed by atoms with Crippen LogP contribution in [0.2, 0.25) is 0 Å². The molecule has 0 atom stereocenters. The van der Waals surface area contributed by atoms with Gasteiger partial charge in [0.05, 0.1) is 10.5 Å². The second-order valence-corrected chi connectivity index (χ2v) is 13.6. The van der Waals surface area contributed by atoms with Crippen LogP contribution in [0.4, 0.5) is 27.5 Å². The Kier molecular flexibility index (Phi) is 7.85. The van der Waals surface area contributed by atoms with E-state index in [1.54, 1.807) is 33.0 Å². The average Bonchev–Trinajstić information content (AvgIpc) is 2.81. The summed E-state index contributed by atoms with van der Waals surface area (Å²) in [5, 5.41) is 6.37. The highest BCUT2D eigenvalue weighted by atomic mass is 32.2. The van der Waals surface area contributed by atoms with Gasteiger partial charge in [-0.3, -0.25) is 0 Å².